The van der Waals surface area contributed by atoms with Gasteiger partial charge in [-0.05, 0) is 92.9 Å². The van der Waals surface area contributed by atoms with Crippen molar-refractivity contribution in [2.45, 2.75) is 38.6 Å². The first kappa shape index (κ1) is 27.5. The number of benzene rings is 3. The smallest absolute Gasteiger partial charge is 0.261 e. The standard InChI is InChI=1S/C25H28ClN3O5S2/c1-16-13-17(2)15-21(14-16)29(35(5,31)32)19(4)25(30)27-20-9-11-22(12-10-20)36(33,34)28-24-8-6-7-23(26)18(24)3/h6-15,19,28H,1-5H3,(H,27,30)/t19-/m0/s1. The fraction of sp³-hybridized carbons (Fsp3) is 0.240. The molecule has 0 saturated carbocycles. The van der Waals surface area contributed by atoms with Gasteiger partial charge in [-0.25, -0.2) is 16.8 Å². The van der Waals surface area contributed by atoms with Crippen LogP contribution >= 0.6 is 11.6 Å². The third-order valence-electron chi connectivity index (χ3n) is 5.49. The van der Waals surface area contributed by atoms with Gasteiger partial charge in [-0.3, -0.25) is 13.8 Å². The van der Waals surface area contributed by atoms with Gasteiger partial charge in [-0.2, -0.15) is 0 Å². The van der Waals surface area contributed by atoms with E-state index < -0.39 is 32.0 Å². The molecule has 0 aromatic heterocycles. The number of anilines is 3. The number of rotatable bonds is 8. The lowest BCUT2D eigenvalue weighted by molar-refractivity contribution is -0.116. The van der Waals surface area contributed by atoms with Gasteiger partial charge in [0.15, 0.2) is 0 Å². The zero-order chi connectivity index (χ0) is 26.8. The van der Waals surface area contributed by atoms with E-state index in [0.29, 0.717) is 27.6 Å². The molecule has 0 aliphatic carbocycles. The minimum atomic E-state index is -3.90. The van der Waals surface area contributed by atoms with Crippen molar-refractivity contribution in [2.75, 3.05) is 20.6 Å². The first-order valence-corrected chi connectivity index (χ1v) is 14.7. The molecule has 36 heavy (non-hydrogen) atoms. The molecule has 1 amide bonds. The summed E-state index contributed by atoms with van der Waals surface area (Å²) in [6, 6.07) is 14.7. The van der Waals surface area contributed by atoms with Gasteiger partial charge in [0.1, 0.15) is 6.04 Å². The Bertz CT molecular complexity index is 1480. The quantitative estimate of drug-likeness (QED) is 0.416. The van der Waals surface area contributed by atoms with Crippen molar-refractivity contribution >= 4 is 54.6 Å². The second-order valence-corrected chi connectivity index (χ2v) is 12.6. The Labute approximate surface area is 217 Å². The van der Waals surface area contributed by atoms with E-state index in [1.165, 1.54) is 31.2 Å². The number of hydrogen-bond acceptors (Lipinski definition) is 5. The summed E-state index contributed by atoms with van der Waals surface area (Å²) >= 11 is 6.07. The number of aryl methyl sites for hydroxylation is 2. The topological polar surface area (TPSA) is 113 Å². The van der Waals surface area contributed by atoms with Gasteiger partial charge in [0.05, 0.1) is 22.5 Å². The molecule has 192 valence electrons. The Balaban J connectivity index is 1.80. The SMILES string of the molecule is Cc1cc(C)cc(N([C@@H](C)C(=O)Nc2ccc(S(=O)(=O)Nc3cccc(Cl)c3C)cc2)S(C)(=O)=O)c1. The summed E-state index contributed by atoms with van der Waals surface area (Å²) in [6.45, 7) is 6.89. The van der Waals surface area contributed by atoms with Gasteiger partial charge < -0.3 is 5.32 Å². The van der Waals surface area contributed by atoms with Crippen LogP contribution in [0.3, 0.4) is 0 Å². The Hall–Kier alpha value is -3.08. The fourth-order valence-electron chi connectivity index (χ4n) is 3.77. The molecule has 0 fully saturated rings. The predicted octanol–water partition coefficient (Wildman–Crippen LogP) is 4.86. The first-order valence-electron chi connectivity index (χ1n) is 11.0. The fourth-order valence-corrected chi connectivity index (χ4v) is 6.23. The van der Waals surface area contributed by atoms with Crippen molar-refractivity contribution in [1.82, 2.24) is 0 Å². The molecule has 3 rings (SSSR count). The van der Waals surface area contributed by atoms with Crippen LogP contribution < -0.4 is 14.3 Å². The Morgan fingerprint density at radius 3 is 2.06 bits per heavy atom. The van der Waals surface area contributed by atoms with Gasteiger partial charge in [0, 0.05) is 10.7 Å². The lowest BCUT2D eigenvalue weighted by Gasteiger charge is -2.28. The molecule has 0 spiro atoms. The highest BCUT2D eigenvalue weighted by Crippen LogP contribution is 2.27. The summed E-state index contributed by atoms with van der Waals surface area (Å²) in [5, 5.41) is 3.10. The van der Waals surface area contributed by atoms with E-state index in [0.717, 1.165) is 21.7 Å². The minimum absolute atomic E-state index is 0.0130. The van der Waals surface area contributed by atoms with Crippen molar-refractivity contribution in [3.8, 4) is 0 Å². The van der Waals surface area contributed by atoms with Crippen LogP contribution in [0.25, 0.3) is 0 Å². The maximum atomic E-state index is 13.0. The summed E-state index contributed by atoms with van der Waals surface area (Å²) < 4.78 is 54.3. The lowest BCUT2D eigenvalue weighted by Crippen LogP contribution is -2.45. The molecule has 0 heterocycles. The molecule has 3 aromatic rings. The molecule has 0 aliphatic rings. The predicted molar refractivity (Wildman–Crippen MR) is 145 cm³/mol. The lowest BCUT2D eigenvalue weighted by atomic mass is 10.1. The molecule has 0 bridgehead atoms. The van der Waals surface area contributed by atoms with Crippen molar-refractivity contribution in [3.05, 3.63) is 82.4 Å². The van der Waals surface area contributed by atoms with Gasteiger partial charge in [-0.15, -0.1) is 0 Å². The Morgan fingerprint density at radius 1 is 0.917 bits per heavy atom. The summed E-state index contributed by atoms with van der Waals surface area (Å²) in [6.07, 6.45) is 1.04. The van der Waals surface area contributed by atoms with E-state index >= 15 is 0 Å². The van der Waals surface area contributed by atoms with Crippen LogP contribution in [0.4, 0.5) is 17.1 Å². The third-order valence-corrected chi connectivity index (χ3v) is 8.53. The van der Waals surface area contributed by atoms with Crippen LogP contribution in [0.1, 0.15) is 23.6 Å². The van der Waals surface area contributed by atoms with E-state index in [2.05, 4.69) is 10.0 Å². The summed E-state index contributed by atoms with van der Waals surface area (Å²) in [7, 11) is -7.68. The summed E-state index contributed by atoms with van der Waals surface area (Å²) in [5.41, 5.74) is 3.40. The van der Waals surface area contributed by atoms with Crippen LogP contribution in [0, 0.1) is 20.8 Å². The number of carbonyl (C=O) groups is 1. The van der Waals surface area contributed by atoms with Gasteiger partial charge >= 0.3 is 0 Å². The second kappa shape index (κ2) is 10.5. The van der Waals surface area contributed by atoms with Crippen molar-refractivity contribution in [2.24, 2.45) is 0 Å². The van der Waals surface area contributed by atoms with Crippen molar-refractivity contribution < 1.29 is 21.6 Å². The molecule has 0 unspecified atom stereocenters. The molecule has 0 aliphatic heterocycles. The van der Waals surface area contributed by atoms with Crippen molar-refractivity contribution in [1.29, 1.82) is 0 Å². The van der Waals surface area contributed by atoms with Gasteiger partial charge in [0.2, 0.25) is 15.9 Å². The second-order valence-electron chi connectivity index (χ2n) is 8.61. The first-order chi connectivity index (χ1) is 16.7. The number of hydrogen-bond donors (Lipinski definition) is 2. The average molecular weight is 550 g/mol. The highest BCUT2D eigenvalue weighted by Gasteiger charge is 2.29. The molecular formula is C25H28ClN3O5S2. The molecule has 2 N–H and O–H groups in total. The van der Waals surface area contributed by atoms with E-state index in [9.17, 15) is 21.6 Å². The van der Waals surface area contributed by atoms with E-state index in [-0.39, 0.29) is 4.90 Å². The molecule has 8 nitrogen and oxygen atoms in total. The molecule has 11 heteroatoms. The minimum Gasteiger partial charge on any atom is -0.324 e. The molecule has 0 saturated heterocycles. The van der Waals surface area contributed by atoms with Crippen LogP contribution in [0.2, 0.25) is 5.02 Å². The average Bonchev–Trinajstić information content (AvgIpc) is 2.75. The largest absolute Gasteiger partial charge is 0.324 e. The Kier molecular flexibility index (Phi) is 8.02. The highest BCUT2D eigenvalue weighted by atomic mass is 35.5. The number of nitrogens with zero attached hydrogens (tertiary/aromatic N) is 1. The zero-order valence-corrected chi connectivity index (χ0v) is 22.9. The molecular weight excluding hydrogens is 522 g/mol. The summed E-state index contributed by atoms with van der Waals surface area (Å²) in [4.78, 5) is 13.0. The Morgan fingerprint density at radius 2 is 1.50 bits per heavy atom. The van der Waals surface area contributed by atoms with Crippen molar-refractivity contribution in [3.63, 3.8) is 0 Å². The number of nitrogens with one attached hydrogen (secondary N) is 2. The number of carbonyl (C=O) groups excluding carboxylic acids is 1. The van der Waals surface area contributed by atoms with E-state index in [1.54, 1.807) is 37.3 Å². The van der Waals surface area contributed by atoms with E-state index in [1.807, 2.05) is 19.9 Å². The van der Waals surface area contributed by atoms with Gasteiger partial charge in [0.25, 0.3) is 10.0 Å². The zero-order valence-electron chi connectivity index (χ0n) is 20.5. The highest BCUT2D eigenvalue weighted by molar-refractivity contribution is 7.92. The summed E-state index contributed by atoms with van der Waals surface area (Å²) in [5.74, 6) is -0.567. The number of halogens is 1. The van der Waals surface area contributed by atoms with Gasteiger partial charge in [-0.1, -0.05) is 23.7 Å². The normalized spacial score (nSPS) is 12.6. The van der Waals surface area contributed by atoms with Crippen LogP contribution in [0.15, 0.2) is 65.6 Å². The number of amides is 1. The van der Waals surface area contributed by atoms with Crippen LogP contribution in [0.5, 0.6) is 0 Å². The van der Waals surface area contributed by atoms with Crippen LogP contribution in [-0.2, 0) is 24.8 Å². The maximum absolute atomic E-state index is 13.0. The molecule has 0 radical (unpaired) electrons. The maximum Gasteiger partial charge on any atom is 0.261 e. The molecule has 3 aromatic carbocycles. The molecule has 1 atom stereocenters. The number of sulfonamides is 2. The monoisotopic (exact) mass is 549 g/mol. The van der Waals surface area contributed by atoms with Crippen LogP contribution in [-0.4, -0.2) is 35.0 Å². The van der Waals surface area contributed by atoms with E-state index in [4.69, 9.17) is 11.6 Å². The third kappa shape index (κ3) is 6.37.